The lowest BCUT2D eigenvalue weighted by atomic mass is 9.91. The molecule has 0 aromatic heterocycles. The van der Waals surface area contributed by atoms with Crippen molar-refractivity contribution >= 4 is 5.91 Å². The summed E-state index contributed by atoms with van der Waals surface area (Å²) < 4.78 is 46.2. The molecule has 0 spiro atoms. The van der Waals surface area contributed by atoms with Crippen LogP contribution >= 0.6 is 0 Å². The number of piperidine rings is 1. The zero-order valence-electron chi connectivity index (χ0n) is 14.9. The molecule has 146 valence electrons. The van der Waals surface area contributed by atoms with Gasteiger partial charge >= 0.3 is 11.8 Å². The second-order valence-corrected chi connectivity index (χ2v) is 7.48. The van der Waals surface area contributed by atoms with E-state index in [0.29, 0.717) is 32.2 Å². The van der Waals surface area contributed by atoms with Gasteiger partial charge in [0.1, 0.15) is 6.10 Å². The fourth-order valence-electron chi connectivity index (χ4n) is 4.20. The highest BCUT2D eigenvalue weighted by molar-refractivity contribution is 5.82. The minimum absolute atomic E-state index is 0.0866. The van der Waals surface area contributed by atoms with Gasteiger partial charge in [-0.05, 0) is 44.1 Å². The fourth-order valence-corrected chi connectivity index (χ4v) is 4.20. The molecule has 0 N–H and O–H groups in total. The minimum Gasteiger partial charge on any atom is -0.365 e. The maximum absolute atomic E-state index is 13.4. The molecule has 1 aromatic carbocycles. The molecule has 2 fully saturated rings. The first-order chi connectivity index (χ1) is 12.9. The molecule has 0 radical (unpaired) electrons. The normalized spacial score (nSPS) is 29.7. The van der Waals surface area contributed by atoms with Gasteiger partial charge in [-0.15, -0.1) is 10.2 Å². The van der Waals surface area contributed by atoms with Gasteiger partial charge in [0.05, 0.1) is 12.1 Å². The second kappa shape index (κ2) is 6.89. The largest absolute Gasteiger partial charge is 0.439 e. The minimum atomic E-state index is -4.57. The number of alkyl halides is 3. The highest BCUT2D eigenvalue weighted by Gasteiger charge is 2.70. The van der Waals surface area contributed by atoms with E-state index >= 15 is 0 Å². The number of halogens is 3. The van der Waals surface area contributed by atoms with Crippen LogP contribution in [0.4, 0.5) is 13.2 Å². The quantitative estimate of drug-likeness (QED) is 0.795. The number of hydrogen-bond donors (Lipinski definition) is 0. The summed E-state index contributed by atoms with van der Waals surface area (Å²) in [6.07, 6.45) is -1.78. The van der Waals surface area contributed by atoms with E-state index in [1.165, 1.54) is 4.90 Å². The van der Waals surface area contributed by atoms with Crippen molar-refractivity contribution in [1.29, 1.82) is 0 Å². The summed E-state index contributed by atoms with van der Waals surface area (Å²) in [5, 5.41) is 6.65. The first kappa shape index (κ1) is 18.4. The third-order valence-electron chi connectivity index (χ3n) is 5.67. The highest BCUT2D eigenvalue weighted by atomic mass is 19.4. The van der Waals surface area contributed by atoms with Gasteiger partial charge in [-0.1, -0.05) is 30.3 Å². The Morgan fingerprint density at radius 2 is 1.89 bits per heavy atom. The smallest absolute Gasteiger partial charge is 0.365 e. The molecular weight excluding hydrogens is 359 g/mol. The lowest BCUT2D eigenvalue weighted by Crippen LogP contribution is -2.58. The van der Waals surface area contributed by atoms with Crippen molar-refractivity contribution in [2.24, 2.45) is 10.2 Å². The maximum atomic E-state index is 13.4. The second-order valence-electron chi connectivity index (χ2n) is 7.48. The third kappa shape index (κ3) is 3.47. The molecule has 4 rings (SSSR count). The van der Waals surface area contributed by atoms with Crippen LogP contribution in [0.5, 0.6) is 0 Å². The predicted molar refractivity (Wildman–Crippen MR) is 91.0 cm³/mol. The number of nitrogens with zero attached hydrogens (tertiary/aromatic N) is 3. The lowest BCUT2D eigenvalue weighted by molar-refractivity contribution is -0.187. The molecule has 0 bridgehead atoms. The molecule has 2 saturated heterocycles. The van der Waals surface area contributed by atoms with Crippen molar-refractivity contribution in [3.63, 3.8) is 0 Å². The van der Waals surface area contributed by atoms with Crippen LogP contribution in [0, 0.1) is 0 Å². The molecule has 1 unspecified atom stereocenters. The molecule has 1 amide bonds. The van der Waals surface area contributed by atoms with E-state index in [9.17, 15) is 18.0 Å². The Balaban J connectivity index is 1.42. The molecule has 3 aliphatic rings. The molecule has 27 heavy (non-hydrogen) atoms. The number of carbonyl (C=O) groups is 1. The van der Waals surface area contributed by atoms with Gasteiger partial charge in [0.2, 0.25) is 0 Å². The summed E-state index contributed by atoms with van der Waals surface area (Å²) in [6, 6.07) is 8.79. The van der Waals surface area contributed by atoms with Crippen molar-refractivity contribution in [3.8, 4) is 0 Å². The Bertz CT molecular complexity index is 717. The topological polar surface area (TPSA) is 54.3 Å². The summed E-state index contributed by atoms with van der Waals surface area (Å²) in [7, 11) is 0. The van der Waals surface area contributed by atoms with Gasteiger partial charge < -0.3 is 9.64 Å². The van der Waals surface area contributed by atoms with Crippen molar-refractivity contribution in [3.05, 3.63) is 35.9 Å². The van der Waals surface area contributed by atoms with Crippen LogP contribution in [0.3, 0.4) is 0 Å². The van der Waals surface area contributed by atoms with E-state index in [0.717, 1.165) is 12.0 Å². The third-order valence-corrected chi connectivity index (χ3v) is 5.67. The standard InChI is InChI=1S/C19H22F3N3O2/c20-19(21,22)18(23-24-18)16-8-4-5-11-25(16)17(26)15-10-9-14(27-15)12-13-6-2-1-3-7-13/h1-3,6-7,14-16H,4-5,8-12H2/t14-,15+,16?/m1/s1. The maximum Gasteiger partial charge on any atom is 0.439 e. The summed E-state index contributed by atoms with van der Waals surface area (Å²) in [5.74, 6) is -0.351. The average molecular weight is 381 g/mol. The first-order valence-electron chi connectivity index (χ1n) is 9.41. The summed E-state index contributed by atoms with van der Waals surface area (Å²) in [4.78, 5) is 14.3. The Morgan fingerprint density at radius 1 is 1.15 bits per heavy atom. The van der Waals surface area contributed by atoms with E-state index < -0.39 is 24.0 Å². The van der Waals surface area contributed by atoms with Gasteiger partial charge in [0.15, 0.2) is 0 Å². The Hall–Kier alpha value is -1.96. The molecule has 0 saturated carbocycles. The zero-order valence-corrected chi connectivity index (χ0v) is 14.9. The summed E-state index contributed by atoms with van der Waals surface area (Å²) in [5.41, 5.74) is -1.30. The summed E-state index contributed by atoms with van der Waals surface area (Å²) in [6.45, 7) is 0.301. The van der Waals surface area contributed by atoms with E-state index in [2.05, 4.69) is 10.2 Å². The van der Waals surface area contributed by atoms with Crippen LogP contribution in [0.1, 0.15) is 37.7 Å². The van der Waals surface area contributed by atoms with E-state index in [1.807, 2.05) is 30.3 Å². The SMILES string of the molecule is O=C([C@@H]1CC[C@H](Cc2ccccc2)O1)N1CCCCC1C1(C(F)(F)F)N=N1. The van der Waals surface area contributed by atoms with Gasteiger partial charge in [0, 0.05) is 6.54 Å². The number of likely N-dealkylation sites (tertiary alicyclic amines) is 1. The van der Waals surface area contributed by atoms with Crippen LogP contribution < -0.4 is 0 Å². The average Bonchev–Trinajstić information content (AvgIpc) is 3.36. The molecule has 8 heteroatoms. The molecule has 5 nitrogen and oxygen atoms in total. The number of hydrogen-bond acceptors (Lipinski definition) is 4. The monoisotopic (exact) mass is 381 g/mol. The molecule has 3 heterocycles. The fraction of sp³-hybridized carbons (Fsp3) is 0.632. The predicted octanol–water partition coefficient (Wildman–Crippen LogP) is 3.88. The number of rotatable bonds is 4. The molecular formula is C19H22F3N3O2. The van der Waals surface area contributed by atoms with Crippen LogP contribution in [0.25, 0.3) is 0 Å². The van der Waals surface area contributed by atoms with Crippen molar-refractivity contribution in [1.82, 2.24) is 4.90 Å². The lowest BCUT2D eigenvalue weighted by Gasteiger charge is -2.39. The molecule has 0 aliphatic carbocycles. The van der Waals surface area contributed by atoms with Gasteiger partial charge in [0.25, 0.3) is 5.91 Å². The number of benzene rings is 1. The van der Waals surface area contributed by atoms with Crippen molar-refractivity contribution < 1.29 is 22.7 Å². The van der Waals surface area contributed by atoms with Gasteiger partial charge in [-0.25, -0.2) is 0 Å². The van der Waals surface area contributed by atoms with Crippen molar-refractivity contribution in [2.75, 3.05) is 6.54 Å². The number of ether oxygens (including phenoxy) is 1. The Kier molecular flexibility index (Phi) is 4.70. The first-order valence-corrected chi connectivity index (χ1v) is 9.41. The van der Waals surface area contributed by atoms with Gasteiger partial charge in [-0.3, -0.25) is 4.79 Å². The Labute approximate surface area is 155 Å². The molecule has 1 aromatic rings. The Morgan fingerprint density at radius 3 is 2.56 bits per heavy atom. The van der Waals surface area contributed by atoms with Crippen LogP contribution in [0.15, 0.2) is 40.6 Å². The number of carbonyl (C=O) groups excluding carboxylic acids is 1. The molecule has 3 aliphatic heterocycles. The number of amides is 1. The van der Waals surface area contributed by atoms with Crippen LogP contribution in [0.2, 0.25) is 0 Å². The van der Waals surface area contributed by atoms with Crippen LogP contribution in [-0.2, 0) is 16.0 Å². The van der Waals surface area contributed by atoms with E-state index in [-0.39, 0.29) is 18.4 Å². The van der Waals surface area contributed by atoms with E-state index in [4.69, 9.17) is 4.74 Å². The summed E-state index contributed by atoms with van der Waals surface area (Å²) >= 11 is 0. The zero-order chi connectivity index (χ0) is 19.1. The van der Waals surface area contributed by atoms with Gasteiger partial charge in [-0.2, -0.15) is 13.2 Å². The molecule has 3 atom stereocenters. The van der Waals surface area contributed by atoms with E-state index in [1.54, 1.807) is 0 Å². The highest BCUT2D eigenvalue weighted by Crippen LogP contribution is 2.50. The van der Waals surface area contributed by atoms with Crippen molar-refractivity contribution in [2.45, 2.75) is 68.6 Å². The van der Waals surface area contributed by atoms with Crippen LogP contribution in [-0.4, -0.2) is 47.4 Å².